The number of amides is 2. The Morgan fingerprint density at radius 2 is 2.16 bits per heavy atom. The highest BCUT2D eigenvalue weighted by Gasteiger charge is 2.24. The first-order valence-electron chi connectivity index (χ1n) is 5.96. The summed E-state index contributed by atoms with van der Waals surface area (Å²) in [7, 11) is 0. The van der Waals surface area contributed by atoms with Crippen molar-refractivity contribution < 1.29 is 19.8 Å². The average Bonchev–Trinajstić information content (AvgIpc) is 2.79. The Balaban J connectivity index is 2.49. The van der Waals surface area contributed by atoms with E-state index >= 15 is 0 Å². The van der Waals surface area contributed by atoms with Crippen LogP contribution in [0, 0.1) is 0 Å². The third-order valence-electron chi connectivity index (χ3n) is 2.66. The van der Waals surface area contributed by atoms with Crippen LogP contribution in [0.2, 0.25) is 0 Å². The molecule has 0 radical (unpaired) electrons. The summed E-state index contributed by atoms with van der Waals surface area (Å²) in [5.41, 5.74) is 1.16. The van der Waals surface area contributed by atoms with Crippen LogP contribution in [0.5, 0.6) is 0 Å². The second kappa shape index (κ2) is 7.10. The fourth-order valence-corrected chi connectivity index (χ4v) is 2.49. The summed E-state index contributed by atoms with van der Waals surface area (Å²) in [6.45, 7) is 3.69. The Labute approximate surface area is 115 Å². The van der Waals surface area contributed by atoms with Crippen LogP contribution < -0.4 is 10.6 Å². The second-order valence-corrected chi connectivity index (χ2v) is 5.11. The van der Waals surface area contributed by atoms with E-state index in [9.17, 15) is 14.7 Å². The molecule has 0 aliphatic heterocycles. The molecule has 0 bridgehead atoms. The number of carbonyl (C=O) groups is 2. The van der Waals surface area contributed by atoms with Crippen molar-refractivity contribution in [2.24, 2.45) is 0 Å². The second-order valence-electron chi connectivity index (χ2n) is 4.11. The van der Waals surface area contributed by atoms with E-state index in [1.165, 1.54) is 18.3 Å². The molecule has 0 spiro atoms. The summed E-state index contributed by atoms with van der Waals surface area (Å²) in [5.74, 6) is -1.27. The molecule has 7 heteroatoms. The molecular weight excluding hydrogens is 268 g/mol. The van der Waals surface area contributed by atoms with Gasteiger partial charge in [0.25, 0.3) is 0 Å². The van der Waals surface area contributed by atoms with Gasteiger partial charge in [0.15, 0.2) is 6.04 Å². The standard InChI is InChI=1S/C12H18N2O4S/c1-3-8-4-5-19-9(8)6-13-12(18)14-10(7(2)15)11(16)17/h4-5,7,10,15H,3,6H2,1-2H3,(H,16,17)(H2,13,14,18). The van der Waals surface area contributed by atoms with Crippen molar-refractivity contribution in [3.05, 3.63) is 21.9 Å². The third kappa shape index (κ3) is 4.53. The number of aliphatic carboxylic acids is 1. The van der Waals surface area contributed by atoms with Crippen molar-refractivity contribution in [3.8, 4) is 0 Å². The van der Waals surface area contributed by atoms with Crippen molar-refractivity contribution in [1.29, 1.82) is 0 Å². The number of aliphatic hydroxyl groups excluding tert-OH is 1. The van der Waals surface area contributed by atoms with Gasteiger partial charge in [-0.3, -0.25) is 0 Å². The molecule has 0 aliphatic rings. The summed E-state index contributed by atoms with van der Waals surface area (Å²) in [6, 6.07) is 0.0767. The van der Waals surface area contributed by atoms with Crippen LogP contribution in [0.25, 0.3) is 0 Å². The van der Waals surface area contributed by atoms with E-state index in [1.807, 2.05) is 18.4 Å². The van der Waals surface area contributed by atoms with Crippen molar-refractivity contribution in [2.45, 2.75) is 39.0 Å². The lowest BCUT2D eigenvalue weighted by Gasteiger charge is -2.17. The maximum absolute atomic E-state index is 11.6. The molecule has 106 valence electrons. The molecule has 0 fully saturated rings. The zero-order chi connectivity index (χ0) is 14.4. The molecule has 2 atom stereocenters. The number of thiophene rings is 1. The van der Waals surface area contributed by atoms with E-state index in [-0.39, 0.29) is 0 Å². The van der Waals surface area contributed by atoms with Crippen LogP contribution in [0.4, 0.5) is 4.79 Å². The predicted molar refractivity (Wildman–Crippen MR) is 72.2 cm³/mol. The molecule has 1 aromatic heterocycles. The minimum Gasteiger partial charge on any atom is -0.480 e. The smallest absolute Gasteiger partial charge is 0.328 e. The van der Waals surface area contributed by atoms with Crippen LogP contribution in [0.1, 0.15) is 24.3 Å². The van der Waals surface area contributed by atoms with Gasteiger partial charge in [-0.2, -0.15) is 0 Å². The average molecular weight is 286 g/mol. The highest BCUT2D eigenvalue weighted by molar-refractivity contribution is 7.10. The molecule has 0 saturated heterocycles. The SMILES string of the molecule is CCc1ccsc1CNC(=O)NC(C(=O)O)C(C)O. The number of carbonyl (C=O) groups excluding carboxylic acids is 1. The number of carboxylic acid groups (broad SMARTS) is 1. The number of aliphatic hydroxyl groups is 1. The van der Waals surface area contributed by atoms with E-state index in [0.717, 1.165) is 16.9 Å². The summed E-state index contributed by atoms with van der Waals surface area (Å²) >= 11 is 1.54. The van der Waals surface area contributed by atoms with Crippen molar-refractivity contribution in [2.75, 3.05) is 0 Å². The van der Waals surface area contributed by atoms with Gasteiger partial charge < -0.3 is 20.8 Å². The van der Waals surface area contributed by atoms with Gasteiger partial charge in [0.1, 0.15) is 0 Å². The normalized spacial score (nSPS) is 13.6. The molecule has 4 N–H and O–H groups in total. The Morgan fingerprint density at radius 3 is 2.68 bits per heavy atom. The maximum Gasteiger partial charge on any atom is 0.328 e. The lowest BCUT2D eigenvalue weighted by atomic mass is 10.2. The molecule has 2 amide bonds. The van der Waals surface area contributed by atoms with Gasteiger partial charge in [-0.15, -0.1) is 11.3 Å². The van der Waals surface area contributed by atoms with E-state index in [0.29, 0.717) is 6.54 Å². The van der Waals surface area contributed by atoms with Gasteiger partial charge in [0, 0.05) is 4.88 Å². The fraction of sp³-hybridized carbons (Fsp3) is 0.500. The zero-order valence-corrected chi connectivity index (χ0v) is 11.7. The number of hydrogen-bond donors (Lipinski definition) is 4. The number of carboxylic acids is 1. The zero-order valence-electron chi connectivity index (χ0n) is 10.8. The van der Waals surface area contributed by atoms with E-state index < -0.39 is 24.1 Å². The van der Waals surface area contributed by atoms with Gasteiger partial charge in [-0.1, -0.05) is 6.92 Å². The Bertz CT molecular complexity index is 445. The van der Waals surface area contributed by atoms with Crippen LogP contribution in [-0.2, 0) is 17.8 Å². The van der Waals surface area contributed by atoms with Crippen molar-refractivity contribution in [1.82, 2.24) is 10.6 Å². The van der Waals surface area contributed by atoms with Crippen molar-refractivity contribution in [3.63, 3.8) is 0 Å². The molecule has 1 rings (SSSR count). The lowest BCUT2D eigenvalue weighted by Crippen LogP contribution is -2.50. The Hall–Kier alpha value is -1.60. The molecular formula is C12H18N2O4S. The number of nitrogens with one attached hydrogen (secondary N) is 2. The number of urea groups is 1. The molecule has 1 heterocycles. The van der Waals surface area contributed by atoms with Gasteiger partial charge in [-0.05, 0) is 30.4 Å². The van der Waals surface area contributed by atoms with Crippen LogP contribution in [-0.4, -0.2) is 34.4 Å². The maximum atomic E-state index is 11.6. The topological polar surface area (TPSA) is 98.7 Å². The number of hydrogen-bond acceptors (Lipinski definition) is 4. The Kier molecular flexibility index (Phi) is 5.78. The van der Waals surface area contributed by atoms with Crippen LogP contribution in [0.15, 0.2) is 11.4 Å². The van der Waals surface area contributed by atoms with E-state index in [2.05, 4.69) is 10.6 Å². The minimum absolute atomic E-state index is 0.346. The van der Waals surface area contributed by atoms with Crippen LogP contribution >= 0.6 is 11.3 Å². The Morgan fingerprint density at radius 1 is 1.47 bits per heavy atom. The first-order chi connectivity index (χ1) is 8.95. The highest BCUT2D eigenvalue weighted by Crippen LogP contribution is 2.16. The molecule has 0 saturated carbocycles. The predicted octanol–water partition coefficient (Wildman–Crippen LogP) is 0.944. The number of rotatable bonds is 6. The molecule has 0 aliphatic carbocycles. The highest BCUT2D eigenvalue weighted by atomic mass is 32.1. The minimum atomic E-state index is -1.31. The summed E-state index contributed by atoms with van der Waals surface area (Å²) in [5, 5.41) is 24.8. The van der Waals surface area contributed by atoms with Gasteiger partial charge in [0.05, 0.1) is 12.6 Å². The van der Waals surface area contributed by atoms with Gasteiger partial charge >= 0.3 is 12.0 Å². The number of aryl methyl sites for hydroxylation is 1. The van der Waals surface area contributed by atoms with Gasteiger partial charge in [-0.25, -0.2) is 9.59 Å². The van der Waals surface area contributed by atoms with Crippen molar-refractivity contribution >= 4 is 23.3 Å². The van der Waals surface area contributed by atoms with Gasteiger partial charge in [0.2, 0.25) is 0 Å². The lowest BCUT2D eigenvalue weighted by molar-refractivity contribution is -0.141. The monoisotopic (exact) mass is 286 g/mol. The quantitative estimate of drug-likeness (QED) is 0.625. The summed E-state index contributed by atoms with van der Waals surface area (Å²) in [6.07, 6.45) is -0.274. The van der Waals surface area contributed by atoms with Crippen LogP contribution in [0.3, 0.4) is 0 Å². The first kappa shape index (κ1) is 15.5. The molecule has 6 nitrogen and oxygen atoms in total. The molecule has 1 aromatic rings. The largest absolute Gasteiger partial charge is 0.480 e. The third-order valence-corrected chi connectivity index (χ3v) is 3.63. The fourth-order valence-electron chi connectivity index (χ4n) is 1.58. The summed E-state index contributed by atoms with van der Waals surface area (Å²) in [4.78, 5) is 23.4. The first-order valence-corrected chi connectivity index (χ1v) is 6.84. The molecule has 19 heavy (non-hydrogen) atoms. The van der Waals surface area contributed by atoms with E-state index in [4.69, 9.17) is 5.11 Å². The van der Waals surface area contributed by atoms with E-state index in [1.54, 1.807) is 0 Å². The molecule has 0 aromatic carbocycles. The molecule has 2 unspecified atom stereocenters. The summed E-state index contributed by atoms with van der Waals surface area (Å²) < 4.78 is 0.